The lowest BCUT2D eigenvalue weighted by Crippen LogP contribution is -2.50. The van der Waals surface area contributed by atoms with E-state index >= 15 is 0 Å². The highest BCUT2D eigenvalue weighted by Crippen LogP contribution is 2.42. The zero-order valence-corrected chi connectivity index (χ0v) is 13.2. The van der Waals surface area contributed by atoms with E-state index in [9.17, 15) is 18.4 Å². The van der Waals surface area contributed by atoms with E-state index in [0.29, 0.717) is 23.4 Å². The van der Waals surface area contributed by atoms with Gasteiger partial charge in [-0.25, -0.2) is 13.6 Å². The molecule has 1 aliphatic rings. The average molecular weight is 346 g/mol. The second kappa shape index (κ2) is 7.25. The first-order valence-corrected chi connectivity index (χ1v) is 7.81. The van der Waals surface area contributed by atoms with Gasteiger partial charge >= 0.3 is 5.97 Å². The Hall–Kier alpha value is -1.69. The molecular formula is C16H18ClF2NO3. The molecule has 1 atom stereocenters. The summed E-state index contributed by atoms with van der Waals surface area (Å²) in [5.74, 6) is -1.98. The van der Waals surface area contributed by atoms with Gasteiger partial charge < -0.3 is 10.4 Å². The Morgan fingerprint density at radius 2 is 1.96 bits per heavy atom. The first kappa shape index (κ1) is 17.7. The molecule has 0 radical (unpaired) electrons. The SMILES string of the molecule is O=C(O)C(CC(F)F)NC(=O)C1(c2cccc(Cl)c2)CCCC1. The van der Waals surface area contributed by atoms with Gasteiger partial charge in [-0.15, -0.1) is 0 Å². The van der Waals surface area contributed by atoms with E-state index in [2.05, 4.69) is 5.32 Å². The Morgan fingerprint density at radius 3 is 2.48 bits per heavy atom. The number of carboxylic acid groups (broad SMARTS) is 1. The van der Waals surface area contributed by atoms with Crippen molar-refractivity contribution in [3.05, 3.63) is 34.9 Å². The molecule has 0 aromatic heterocycles. The molecule has 1 saturated carbocycles. The number of hydrogen-bond acceptors (Lipinski definition) is 2. The van der Waals surface area contributed by atoms with Crippen molar-refractivity contribution in [2.24, 2.45) is 0 Å². The van der Waals surface area contributed by atoms with E-state index in [4.69, 9.17) is 16.7 Å². The van der Waals surface area contributed by atoms with E-state index in [0.717, 1.165) is 12.8 Å². The van der Waals surface area contributed by atoms with Gasteiger partial charge in [0.15, 0.2) is 0 Å². The van der Waals surface area contributed by atoms with E-state index in [1.54, 1.807) is 24.3 Å². The Labute approximate surface area is 137 Å². The highest BCUT2D eigenvalue weighted by Gasteiger charge is 2.44. The highest BCUT2D eigenvalue weighted by atomic mass is 35.5. The molecule has 0 heterocycles. The second-order valence-electron chi connectivity index (χ2n) is 5.79. The van der Waals surface area contributed by atoms with Crippen LogP contribution in [0.2, 0.25) is 5.02 Å². The van der Waals surface area contributed by atoms with Crippen LogP contribution in [0.15, 0.2) is 24.3 Å². The van der Waals surface area contributed by atoms with Gasteiger partial charge in [0.1, 0.15) is 6.04 Å². The van der Waals surface area contributed by atoms with Crippen LogP contribution in [0, 0.1) is 0 Å². The minimum atomic E-state index is -2.80. The first-order valence-electron chi connectivity index (χ1n) is 7.43. The fourth-order valence-corrected chi connectivity index (χ4v) is 3.30. The Balaban J connectivity index is 2.26. The molecule has 0 aliphatic heterocycles. The van der Waals surface area contributed by atoms with Crippen molar-refractivity contribution in [1.82, 2.24) is 5.32 Å². The molecule has 1 fully saturated rings. The van der Waals surface area contributed by atoms with Gasteiger partial charge in [0.2, 0.25) is 12.3 Å². The predicted molar refractivity (Wildman–Crippen MR) is 81.8 cm³/mol. The quantitative estimate of drug-likeness (QED) is 0.830. The average Bonchev–Trinajstić information content (AvgIpc) is 2.96. The van der Waals surface area contributed by atoms with Crippen LogP contribution in [0.1, 0.15) is 37.7 Å². The van der Waals surface area contributed by atoms with Crippen LogP contribution in [0.4, 0.5) is 8.78 Å². The van der Waals surface area contributed by atoms with Crippen LogP contribution in [-0.2, 0) is 15.0 Å². The fourth-order valence-electron chi connectivity index (χ4n) is 3.11. The molecule has 1 aromatic rings. The molecule has 1 aromatic carbocycles. The molecule has 1 aliphatic carbocycles. The lowest BCUT2D eigenvalue weighted by molar-refractivity contribution is -0.144. The van der Waals surface area contributed by atoms with Gasteiger partial charge in [-0.3, -0.25) is 4.79 Å². The molecule has 0 bridgehead atoms. The second-order valence-corrected chi connectivity index (χ2v) is 6.23. The largest absolute Gasteiger partial charge is 0.480 e. The van der Waals surface area contributed by atoms with Crippen molar-refractivity contribution in [2.75, 3.05) is 0 Å². The molecule has 4 nitrogen and oxygen atoms in total. The number of alkyl halides is 2. The van der Waals surface area contributed by atoms with Gasteiger partial charge in [-0.2, -0.15) is 0 Å². The third kappa shape index (κ3) is 3.99. The number of halogens is 3. The summed E-state index contributed by atoms with van der Waals surface area (Å²) in [6.07, 6.45) is -1.01. The lowest BCUT2D eigenvalue weighted by Gasteiger charge is -2.30. The summed E-state index contributed by atoms with van der Waals surface area (Å²) in [6, 6.07) is 5.25. The van der Waals surface area contributed by atoms with Crippen molar-refractivity contribution < 1.29 is 23.5 Å². The normalized spacial score (nSPS) is 17.9. The zero-order valence-electron chi connectivity index (χ0n) is 12.4. The number of carbonyl (C=O) groups is 2. The van der Waals surface area contributed by atoms with Crippen LogP contribution in [0.5, 0.6) is 0 Å². The number of carbonyl (C=O) groups excluding carboxylic acids is 1. The molecule has 7 heteroatoms. The molecule has 2 N–H and O–H groups in total. The summed E-state index contributed by atoms with van der Waals surface area (Å²) in [7, 11) is 0. The lowest BCUT2D eigenvalue weighted by atomic mass is 9.77. The summed E-state index contributed by atoms with van der Waals surface area (Å²) in [6.45, 7) is 0. The molecule has 0 saturated heterocycles. The number of amides is 1. The van der Waals surface area contributed by atoms with Crippen LogP contribution >= 0.6 is 11.6 Å². The zero-order chi connectivity index (χ0) is 17.0. The van der Waals surface area contributed by atoms with Gasteiger partial charge in [-0.05, 0) is 30.5 Å². The van der Waals surface area contributed by atoms with Crippen LogP contribution < -0.4 is 5.32 Å². The smallest absolute Gasteiger partial charge is 0.326 e. The monoisotopic (exact) mass is 345 g/mol. The third-order valence-electron chi connectivity index (χ3n) is 4.29. The van der Waals surface area contributed by atoms with Crippen molar-refractivity contribution in [2.45, 2.75) is 50.0 Å². The molecule has 0 spiro atoms. The maximum Gasteiger partial charge on any atom is 0.326 e. The maximum absolute atomic E-state index is 12.7. The topological polar surface area (TPSA) is 66.4 Å². The number of rotatable bonds is 6. The standard InChI is InChI=1S/C16H18ClF2NO3/c17-11-5-3-4-10(8-11)16(6-1-2-7-16)15(23)20-12(14(21)22)9-13(18)19/h3-5,8,12-13H,1-2,6-7,9H2,(H,20,23)(H,21,22). The summed E-state index contributed by atoms with van der Waals surface area (Å²) in [5.41, 5.74) is -0.207. The first-order chi connectivity index (χ1) is 10.8. The van der Waals surface area contributed by atoms with E-state index in [1.807, 2.05) is 0 Å². The number of benzene rings is 1. The van der Waals surface area contributed by atoms with Gasteiger partial charge in [-0.1, -0.05) is 36.6 Å². The summed E-state index contributed by atoms with van der Waals surface area (Å²) in [5, 5.41) is 11.8. The van der Waals surface area contributed by atoms with Gasteiger partial charge in [0, 0.05) is 11.4 Å². The number of aliphatic carboxylic acids is 1. The Morgan fingerprint density at radius 1 is 1.30 bits per heavy atom. The number of nitrogens with one attached hydrogen (secondary N) is 1. The molecule has 1 unspecified atom stereocenters. The minimum absolute atomic E-state index is 0.476. The predicted octanol–water partition coefficient (Wildman–Crippen LogP) is 3.38. The minimum Gasteiger partial charge on any atom is -0.480 e. The summed E-state index contributed by atoms with van der Waals surface area (Å²) >= 11 is 5.99. The van der Waals surface area contributed by atoms with Crippen LogP contribution in [0.25, 0.3) is 0 Å². The summed E-state index contributed by atoms with van der Waals surface area (Å²) in [4.78, 5) is 23.8. The molecule has 23 heavy (non-hydrogen) atoms. The van der Waals surface area contributed by atoms with Gasteiger partial charge in [0.25, 0.3) is 0 Å². The fraction of sp³-hybridized carbons (Fsp3) is 0.500. The highest BCUT2D eigenvalue weighted by molar-refractivity contribution is 6.30. The number of hydrogen-bond donors (Lipinski definition) is 2. The van der Waals surface area contributed by atoms with Crippen LogP contribution in [-0.4, -0.2) is 29.5 Å². The summed E-state index contributed by atoms with van der Waals surface area (Å²) < 4.78 is 25.0. The van der Waals surface area contributed by atoms with Crippen molar-refractivity contribution in [3.8, 4) is 0 Å². The molecule has 2 rings (SSSR count). The Bertz CT molecular complexity index is 588. The Kier molecular flexibility index (Phi) is 5.57. The van der Waals surface area contributed by atoms with Crippen molar-refractivity contribution in [3.63, 3.8) is 0 Å². The van der Waals surface area contributed by atoms with E-state index in [-0.39, 0.29) is 0 Å². The van der Waals surface area contributed by atoms with Crippen molar-refractivity contribution in [1.29, 1.82) is 0 Å². The number of carboxylic acids is 1. The van der Waals surface area contributed by atoms with Crippen LogP contribution in [0.3, 0.4) is 0 Å². The maximum atomic E-state index is 12.7. The molecular weight excluding hydrogens is 328 g/mol. The molecule has 126 valence electrons. The van der Waals surface area contributed by atoms with E-state index < -0.39 is 36.2 Å². The third-order valence-corrected chi connectivity index (χ3v) is 4.52. The molecule has 1 amide bonds. The van der Waals surface area contributed by atoms with Crippen molar-refractivity contribution >= 4 is 23.5 Å². The van der Waals surface area contributed by atoms with E-state index in [1.165, 1.54) is 0 Å². The van der Waals surface area contributed by atoms with Gasteiger partial charge in [0.05, 0.1) is 5.41 Å².